The lowest BCUT2D eigenvalue weighted by Gasteiger charge is -2.13. The number of likely N-dealkylation sites (tertiary alicyclic amines) is 1. The number of aromatic nitrogens is 2. The SMILES string of the molecule is COc1ccc(/C=C/C(=O)Nc2nnc(SCC(=O)N3CCCC3)s2)cc1OC. The molecular weight excluding hydrogens is 412 g/mol. The Morgan fingerprint density at radius 1 is 1.21 bits per heavy atom. The first-order valence-corrected chi connectivity index (χ1v) is 10.8. The van der Waals surface area contributed by atoms with Crippen molar-refractivity contribution >= 4 is 46.1 Å². The average molecular weight is 435 g/mol. The minimum atomic E-state index is -0.319. The number of ether oxygens (including phenoxy) is 2. The minimum absolute atomic E-state index is 0.117. The normalized spacial score (nSPS) is 13.7. The summed E-state index contributed by atoms with van der Waals surface area (Å²) in [6.45, 7) is 1.67. The van der Waals surface area contributed by atoms with Crippen LogP contribution in [0.2, 0.25) is 0 Å². The van der Waals surface area contributed by atoms with Crippen LogP contribution in [-0.4, -0.2) is 60.0 Å². The molecule has 0 saturated carbocycles. The molecule has 0 unspecified atom stereocenters. The summed E-state index contributed by atoms with van der Waals surface area (Å²) < 4.78 is 11.1. The zero-order valence-electron chi connectivity index (χ0n) is 16.2. The summed E-state index contributed by atoms with van der Waals surface area (Å²) in [7, 11) is 3.12. The molecule has 2 aromatic rings. The second kappa shape index (κ2) is 10.3. The predicted octanol–water partition coefficient (Wildman–Crippen LogP) is 2.92. The number of hydrogen-bond donors (Lipinski definition) is 1. The Kier molecular flexibility index (Phi) is 7.48. The monoisotopic (exact) mass is 434 g/mol. The number of thioether (sulfide) groups is 1. The van der Waals surface area contributed by atoms with E-state index in [2.05, 4.69) is 15.5 Å². The molecule has 1 aromatic carbocycles. The summed E-state index contributed by atoms with van der Waals surface area (Å²) in [6.07, 6.45) is 5.22. The van der Waals surface area contributed by atoms with Gasteiger partial charge in [0.05, 0.1) is 20.0 Å². The maximum Gasteiger partial charge on any atom is 0.250 e. The third-order valence-corrected chi connectivity index (χ3v) is 6.21. The summed E-state index contributed by atoms with van der Waals surface area (Å²) in [4.78, 5) is 26.1. The molecule has 1 aromatic heterocycles. The summed E-state index contributed by atoms with van der Waals surface area (Å²) in [6, 6.07) is 5.37. The molecule has 0 atom stereocenters. The highest BCUT2D eigenvalue weighted by molar-refractivity contribution is 8.01. The standard InChI is InChI=1S/C19H22N4O4S2/c1-26-14-7-5-13(11-15(14)27-2)6-8-16(24)20-18-21-22-19(29-18)28-12-17(25)23-9-3-4-10-23/h5-8,11H,3-4,9-10,12H2,1-2H3,(H,20,21,24)/b8-6+. The number of benzene rings is 1. The van der Waals surface area contributed by atoms with Crippen LogP contribution < -0.4 is 14.8 Å². The van der Waals surface area contributed by atoms with E-state index in [1.165, 1.54) is 29.2 Å². The number of carbonyl (C=O) groups excluding carboxylic acids is 2. The van der Waals surface area contributed by atoms with Crippen LogP contribution in [0.4, 0.5) is 5.13 Å². The minimum Gasteiger partial charge on any atom is -0.493 e. The van der Waals surface area contributed by atoms with Crippen molar-refractivity contribution in [2.24, 2.45) is 0 Å². The van der Waals surface area contributed by atoms with Gasteiger partial charge >= 0.3 is 0 Å². The van der Waals surface area contributed by atoms with Crippen molar-refractivity contribution in [1.29, 1.82) is 0 Å². The van der Waals surface area contributed by atoms with Crippen molar-refractivity contribution < 1.29 is 19.1 Å². The molecule has 1 aliphatic rings. The lowest BCUT2D eigenvalue weighted by atomic mass is 10.2. The van der Waals surface area contributed by atoms with Gasteiger partial charge in [0.15, 0.2) is 15.8 Å². The first-order valence-electron chi connectivity index (χ1n) is 9.04. The molecular formula is C19H22N4O4S2. The molecule has 2 heterocycles. The van der Waals surface area contributed by atoms with Crippen molar-refractivity contribution in [1.82, 2.24) is 15.1 Å². The largest absolute Gasteiger partial charge is 0.493 e. The quantitative estimate of drug-likeness (QED) is 0.388. The Balaban J connectivity index is 1.50. The van der Waals surface area contributed by atoms with Gasteiger partial charge in [-0.15, -0.1) is 10.2 Å². The Morgan fingerprint density at radius 3 is 2.69 bits per heavy atom. The van der Waals surface area contributed by atoms with Gasteiger partial charge < -0.3 is 14.4 Å². The van der Waals surface area contributed by atoms with Gasteiger partial charge in [-0.05, 0) is 36.6 Å². The van der Waals surface area contributed by atoms with Gasteiger partial charge in [-0.2, -0.15) is 0 Å². The van der Waals surface area contributed by atoms with E-state index >= 15 is 0 Å². The summed E-state index contributed by atoms with van der Waals surface area (Å²) >= 11 is 2.59. The van der Waals surface area contributed by atoms with Gasteiger partial charge in [0.2, 0.25) is 16.9 Å². The number of anilines is 1. The molecule has 0 aliphatic carbocycles. The molecule has 1 fully saturated rings. The smallest absolute Gasteiger partial charge is 0.250 e. The first kappa shape index (κ1) is 21.1. The number of amides is 2. The molecule has 2 amide bonds. The van der Waals surface area contributed by atoms with Crippen LogP contribution in [0.3, 0.4) is 0 Å². The molecule has 8 nitrogen and oxygen atoms in total. The van der Waals surface area contributed by atoms with E-state index in [0.717, 1.165) is 31.5 Å². The fourth-order valence-electron chi connectivity index (χ4n) is 2.78. The van der Waals surface area contributed by atoms with Crippen molar-refractivity contribution in [3.8, 4) is 11.5 Å². The number of carbonyl (C=O) groups is 2. The highest BCUT2D eigenvalue weighted by atomic mass is 32.2. The lowest BCUT2D eigenvalue weighted by molar-refractivity contribution is -0.127. The molecule has 1 N–H and O–H groups in total. The van der Waals surface area contributed by atoms with E-state index in [-0.39, 0.29) is 11.8 Å². The molecule has 3 rings (SSSR count). The van der Waals surface area contributed by atoms with Crippen molar-refractivity contribution in [3.63, 3.8) is 0 Å². The van der Waals surface area contributed by atoms with Crippen molar-refractivity contribution in [3.05, 3.63) is 29.8 Å². The van der Waals surface area contributed by atoms with Crippen LogP contribution in [0.25, 0.3) is 6.08 Å². The van der Waals surface area contributed by atoms with Gasteiger partial charge in [-0.1, -0.05) is 29.2 Å². The molecule has 0 spiro atoms. The number of rotatable bonds is 8. The molecule has 154 valence electrons. The van der Waals surface area contributed by atoms with E-state index < -0.39 is 0 Å². The fraction of sp³-hybridized carbons (Fsp3) is 0.368. The molecule has 10 heteroatoms. The molecule has 0 radical (unpaired) electrons. The summed E-state index contributed by atoms with van der Waals surface area (Å²) in [5, 5.41) is 11.0. The highest BCUT2D eigenvalue weighted by Crippen LogP contribution is 2.28. The topological polar surface area (TPSA) is 93.7 Å². The maximum atomic E-state index is 12.1. The van der Waals surface area contributed by atoms with Gasteiger partial charge in [-0.25, -0.2) is 0 Å². The van der Waals surface area contributed by atoms with E-state index in [1.54, 1.807) is 32.4 Å². The van der Waals surface area contributed by atoms with Crippen LogP contribution in [0.5, 0.6) is 11.5 Å². The first-order chi connectivity index (χ1) is 14.1. The summed E-state index contributed by atoms with van der Waals surface area (Å²) in [5.41, 5.74) is 0.798. The molecule has 1 saturated heterocycles. The zero-order valence-corrected chi connectivity index (χ0v) is 17.8. The second-order valence-corrected chi connectivity index (χ2v) is 8.39. The lowest BCUT2D eigenvalue weighted by Crippen LogP contribution is -2.29. The predicted molar refractivity (Wildman–Crippen MR) is 114 cm³/mol. The molecule has 1 aliphatic heterocycles. The molecule has 29 heavy (non-hydrogen) atoms. The van der Waals surface area contributed by atoms with E-state index in [4.69, 9.17) is 9.47 Å². The van der Waals surface area contributed by atoms with Crippen molar-refractivity contribution in [2.45, 2.75) is 17.2 Å². The van der Waals surface area contributed by atoms with Crippen LogP contribution in [0.1, 0.15) is 18.4 Å². The van der Waals surface area contributed by atoms with Gasteiger partial charge in [0.1, 0.15) is 0 Å². The second-order valence-electron chi connectivity index (χ2n) is 6.19. The van der Waals surface area contributed by atoms with Crippen LogP contribution in [-0.2, 0) is 9.59 Å². The molecule has 0 bridgehead atoms. The summed E-state index contributed by atoms with van der Waals surface area (Å²) in [5.74, 6) is 1.34. The van der Waals surface area contributed by atoms with E-state index in [9.17, 15) is 9.59 Å². The van der Waals surface area contributed by atoms with Gasteiger partial charge in [0.25, 0.3) is 0 Å². The van der Waals surface area contributed by atoms with Gasteiger partial charge in [-0.3, -0.25) is 14.9 Å². The number of hydrogen-bond acceptors (Lipinski definition) is 8. The Bertz CT molecular complexity index is 894. The number of methoxy groups -OCH3 is 2. The fourth-order valence-corrected chi connectivity index (χ4v) is 4.43. The van der Waals surface area contributed by atoms with E-state index in [0.29, 0.717) is 26.7 Å². The maximum absolute atomic E-state index is 12.1. The average Bonchev–Trinajstić information content (AvgIpc) is 3.42. The Hall–Kier alpha value is -2.59. The Morgan fingerprint density at radius 2 is 1.97 bits per heavy atom. The van der Waals surface area contributed by atoms with Crippen LogP contribution in [0, 0.1) is 0 Å². The van der Waals surface area contributed by atoms with E-state index in [1.807, 2.05) is 11.0 Å². The number of nitrogens with one attached hydrogen (secondary N) is 1. The third-order valence-electron chi connectivity index (χ3n) is 4.25. The van der Waals surface area contributed by atoms with Gasteiger partial charge in [0, 0.05) is 19.2 Å². The number of nitrogens with zero attached hydrogens (tertiary/aromatic N) is 3. The third kappa shape index (κ3) is 5.94. The van der Waals surface area contributed by atoms with Crippen LogP contribution >= 0.6 is 23.1 Å². The van der Waals surface area contributed by atoms with Crippen molar-refractivity contribution in [2.75, 3.05) is 38.4 Å². The Labute approximate surface area is 177 Å². The van der Waals surface area contributed by atoms with Crippen LogP contribution in [0.15, 0.2) is 28.6 Å². The zero-order chi connectivity index (χ0) is 20.6. The highest BCUT2D eigenvalue weighted by Gasteiger charge is 2.18.